The second-order valence-corrected chi connectivity index (χ2v) is 7.95. The molecule has 5 nitrogen and oxygen atoms in total. The van der Waals surface area contributed by atoms with Crippen molar-refractivity contribution >= 4 is 15.7 Å². The van der Waals surface area contributed by atoms with Gasteiger partial charge in [-0.05, 0) is 36.5 Å². The number of H-pyrrole nitrogens is 1. The van der Waals surface area contributed by atoms with Gasteiger partial charge in [0.1, 0.15) is 5.82 Å². The Labute approximate surface area is 131 Å². The predicted molar refractivity (Wildman–Crippen MR) is 86.9 cm³/mol. The number of rotatable bonds is 4. The average Bonchev–Trinajstić information content (AvgIpc) is 3.10. The Balaban J connectivity index is 1.66. The summed E-state index contributed by atoms with van der Waals surface area (Å²) >= 11 is 0. The van der Waals surface area contributed by atoms with Crippen LogP contribution in [0.15, 0.2) is 41.4 Å². The van der Waals surface area contributed by atoms with Gasteiger partial charge < -0.3 is 4.90 Å². The summed E-state index contributed by atoms with van der Waals surface area (Å²) in [5.74, 6) is 1.72. The van der Waals surface area contributed by atoms with E-state index in [0.29, 0.717) is 10.8 Å². The number of nitrogens with zero attached hydrogens (tertiary/aromatic N) is 2. The van der Waals surface area contributed by atoms with Crippen LogP contribution in [0.3, 0.4) is 0 Å². The standard InChI is InChI=1S/C16H21N3O2S/c1-2-22(20,21)15-5-3-13(4-6-15)14-8-11-19(12-9-14)16-7-10-17-18-16/h3-7,10,14H,2,8-9,11-12H2,1H3,(H,17,18). The molecule has 22 heavy (non-hydrogen) atoms. The minimum atomic E-state index is -3.10. The van der Waals surface area contributed by atoms with Crippen molar-refractivity contribution in [1.29, 1.82) is 0 Å². The van der Waals surface area contributed by atoms with Crippen LogP contribution in [0.1, 0.15) is 31.2 Å². The number of hydrogen-bond donors (Lipinski definition) is 1. The van der Waals surface area contributed by atoms with E-state index in [-0.39, 0.29) is 5.75 Å². The highest BCUT2D eigenvalue weighted by molar-refractivity contribution is 7.91. The second-order valence-electron chi connectivity index (χ2n) is 5.68. The summed E-state index contributed by atoms with van der Waals surface area (Å²) < 4.78 is 23.7. The fraction of sp³-hybridized carbons (Fsp3) is 0.438. The molecular weight excluding hydrogens is 298 g/mol. The van der Waals surface area contributed by atoms with Crippen LogP contribution in [-0.4, -0.2) is 37.5 Å². The summed E-state index contributed by atoms with van der Waals surface area (Å²) in [6.45, 7) is 3.65. The van der Waals surface area contributed by atoms with Crippen LogP contribution in [0, 0.1) is 0 Å². The Bertz CT molecular complexity index is 700. The van der Waals surface area contributed by atoms with Gasteiger partial charge in [0.2, 0.25) is 0 Å². The highest BCUT2D eigenvalue weighted by atomic mass is 32.2. The number of piperidine rings is 1. The maximum Gasteiger partial charge on any atom is 0.178 e. The molecule has 1 aliphatic heterocycles. The van der Waals surface area contributed by atoms with Gasteiger partial charge in [-0.1, -0.05) is 19.1 Å². The van der Waals surface area contributed by atoms with E-state index in [4.69, 9.17) is 0 Å². The number of anilines is 1. The van der Waals surface area contributed by atoms with Crippen LogP contribution < -0.4 is 4.90 Å². The molecule has 0 bridgehead atoms. The first-order valence-corrected chi connectivity index (χ1v) is 9.32. The summed E-state index contributed by atoms with van der Waals surface area (Å²) in [6, 6.07) is 9.42. The smallest absolute Gasteiger partial charge is 0.178 e. The lowest BCUT2D eigenvalue weighted by Crippen LogP contribution is -2.33. The summed E-state index contributed by atoms with van der Waals surface area (Å²) in [5, 5.41) is 6.99. The molecule has 1 fully saturated rings. The maximum absolute atomic E-state index is 11.8. The zero-order valence-electron chi connectivity index (χ0n) is 12.7. The quantitative estimate of drug-likeness (QED) is 0.940. The predicted octanol–water partition coefficient (Wildman–Crippen LogP) is 2.59. The molecule has 1 saturated heterocycles. The van der Waals surface area contributed by atoms with Gasteiger partial charge in [-0.25, -0.2) is 8.42 Å². The molecule has 1 aliphatic rings. The molecule has 6 heteroatoms. The highest BCUT2D eigenvalue weighted by Crippen LogP contribution is 2.30. The molecule has 2 heterocycles. The van der Waals surface area contributed by atoms with E-state index in [1.165, 1.54) is 5.56 Å². The van der Waals surface area contributed by atoms with Crippen molar-refractivity contribution in [3.8, 4) is 0 Å². The van der Waals surface area contributed by atoms with Crippen molar-refractivity contribution in [1.82, 2.24) is 10.2 Å². The van der Waals surface area contributed by atoms with E-state index >= 15 is 0 Å². The highest BCUT2D eigenvalue weighted by Gasteiger charge is 2.22. The van der Waals surface area contributed by atoms with Crippen molar-refractivity contribution in [2.24, 2.45) is 0 Å². The molecule has 1 aromatic carbocycles. The van der Waals surface area contributed by atoms with Crippen LogP contribution in [0.4, 0.5) is 5.82 Å². The fourth-order valence-corrected chi connectivity index (χ4v) is 3.88. The van der Waals surface area contributed by atoms with Crippen molar-refractivity contribution in [2.75, 3.05) is 23.7 Å². The first-order valence-electron chi connectivity index (χ1n) is 7.67. The molecular formula is C16H21N3O2S. The molecule has 0 saturated carbocycles. The molecule has 1 N–H and O–H groups in total. The van der Waals surface area contributed by atoms with E-state index in [1.54, 1.807) is 25.3 Å². The Hall–Kier alpha value is -1.82. The van der Waals surface area contributed by atoms with Crippen molar-refractivity contribution in [3.63, 3.8) is 0 Å². The third kappa shape index (κ3) is 3.02. The summed E-state index contributed by atoms with van der Waals surface area (Å²) in [5.41, 5.74) is 1.24. The molecule has 0 amide bonds. The summed E-state index contributed by atoms with van der Waals surface area (Å²) in [4.78, 5) is 2.73. The van der Waals surface area contributed by atoms with Crippen LogP contribution in [0.25, 0.3) is 0 Å². The van der Waals surface area contributed by atoms with E-state index in [9.17, 15) is 8.42 Å². The zero-order chi connectivity index (χ0) is 15.6. The van der Waals surface area contributed by atoms with E-state index in [2.05, 4.69) is 15.1 Å². The van der Waals surface area contributed by atoms with Gasteiger partial charge in [0, 0.05) is 19.2 Å². The molecule has 0 spiro atoms. The number of nitrogens with one attached hydrogen (secondary N) is 1. The van der Waals surface area contributed by atoms with Gasteiger partial charge in [0.25, 0.3) is 0 Å². The fourth-order valence-electron chi connectivity index (χ4n) is 2.99. The molecule has 0 aliphatic carbocycles. The third-order valence-electron chi connectivity index (χ3n) is 4.41. The van der Waals surface area contributed by atoms with Crippen molar-refractivity contribution in [3.05, 3.63) is 42.1 Å². The molecule has 0 radical (unpaired) electrons. The number of benzene rings is 1. The number of hydrogen-bond acceptors (Lipinski definition) is 4. The Morgan fingerprint density at radius 1 is 1.18 bits per heavy atom. The van der Waals surface area contributed by atoms with Gasteiger partial charge in [-0.2, -0.15) is 5.10 Å². The monoisotopic (exact) mass is 319 g/mol. The van der Waals surface area contributed by atoms with E-state index in [0.717, 1.165) is 31.7 Å². The van der Waals surface area contributed by atoms with Crippen LogP contribution in [0.5, 0.6) is 0 Å². The number of aromatic amines is 1. The summed E-state index contributed by atoms with van der Waals surface area (Å²) in [7, 11) is -3.10. The zero-order valence-corrected chi connectivity index (χ0v) is 13.5. The number of sulfone groups is 1. The Kier molecular flexibility index (Phi) is 4.20. The van der Waals surface area contributed by atoms with Gasteiger partial charge in [-0.3, -0.25) is 5.10 Å². The lowest BCUT2D eigenvalue weighted by Gasteiger charge is -2.32. The van der Waals surface area contributed by atoms with Crippen LogP contribution in [-0.2, 0) is 9.84 Å². The van der Waals surface area contributed by atoms with Gasteiger partial charge >= 0.3 is 0 Å². The first-order chi connectivity index (χ1) is 10.6. The van der Waals surface area contributed by atoms with Crippen molar-refractivity contribution < 1.29 is 8.42 Å². The Morgan fingerprint density at radius 3 is 2.41 bits per heavy atom. The maximum atomic E-state index is 11.8. The van der Waals surface area contributed by atoms with Crippen LogP contribution in [0.2, 0.25) is 0 Å². The largest absolute Gasteiger partial charge is 0.357 e. The lowest BCUT2D eigenvalue weighted by atomic mass is 9.89. The number of aromatic nitrogens is 2. The molecule has 2 aromatic rings. The minimum Gasteiger partial charge on any atom is -0.357 e. The topological polar surface area (TPSA) is 66.1 Å². The van der Waals surface area contributed by atoms with Gasteiger partial charge in [0.15, 0.2) is 9.84 Å². The average molecular weight is 319 g/mol. The van der Waals surface area contributed by atoms with Gasteiger partial charge in [0.05, 0.1) is 16.8 Å². The van der Waals surface area contributed by atoms with E-state index in [1.807, 2.05) is 18.2 Å². The molecule has 3 rings (SSSR count). The summed E-state index contributed by atoms with van der Waals surface area (Å²) in [6.07, 6.45) is 3.91. The second kappa shape index (κ2) is 6.12. The third-order valence-corrected chi connectivity index (χ3v) is 6.16. The van der Waals surface area contributed by atoms with Crippen molar-refractivity contribution in [2.45, 2.75) is 30.6 Å². The minimum absolute atomic E-state index is 0.148. The molecule has 1 aromatic heterocycles. The van der Waals surface area contributed by atoms with E-state index < -0.39 is 9.84 Å². The molecule has 118 valence electrons. The van der Waals surface area contributed by atoms with Gasteiger partial charge in [-0.15, -0.1) is 0 Å². The molecule has 0 unspecified atom stereocenters. The molecule has 0 atom stereocenters. The normalized spacial score (nSPS) is 16.9. The SMILES string of the molecule is CCS(=O)(=O)c1ccc(C2CCN(c3ccn[nH]3)CC2)cc1. The van der Waals surface area contributed by atoms with Crippen LogP contribution >= 0.6 is 0 Å². The Morgan fingerprint density at radius 2 is 1.86 bits per heavy atom. The first kappa shape index (κ1) is 15.1. The lowest BCUT2D eigenvalue weighted by molar-refractivity contribution is 0.502.